The quantitative estimate of drug-likeness (QED) is 0.632. The lowest BCUT2D eigenvalue weighted by atomic mass is 10.1. The van der Waals surface area contributed by atoms with Gasteiger partial charge < -0.3 is 5.32 Å². The van der Waals surface area contributed by atoms with Crippen molar-refractivity contribution in [2.75, 3.05) is 18.8 Å². The predicted octanol–water partition coefficient (Wildman–Crippen LogP) is 2.01. The highest BCUT2D eigenvalue weighted by Gasteiger charge is 2.23. The molecule has 0 aliphatic heterocycles. The van der Waals surface area contributed by atoms with E-state index < -0.39 is 10.0 Å². The fourth-order valence-electron chi connectivity index (χ4n) is 2.41. The van der Waals surface area contributed by atoms with Crippen molar-refractivity contribution in [3.8, 4) is 0 Å². The summed E-state index contributed by atoms with van der Waals surface area (Å²) in [6.07, 6.45) is 1.51. The lowest BCUT2D eigenvalue weighted by Gasteiger charge is -2.18. The molecule has 2 rings (SSSR count). The minimum atomic E-state index is -3.58. The Labute approximate surface area is 164 Å². The Morgan fingerprint density at radius 1 is 1.22 bits per heavy atom. The minimum Gasteiger partial charge on any atom is -0.353 e. The number of pyridine rings is 1. The fourth-order valence-corrected chi connectivity index (χ4v) is 4.59. The number of aromatic nitrogens is 3. The van der Waals surface area contributed by atoms with Crippen molar-refractivity contribution in [2.45, 2.75) is 50.7 Å². The molecule has 1 atom stereocenters. The number of thioether (sulfide) groups is 1. The molecule has 0 aliphatic rings. The van der Waals surface area contributed by atoms with Gasteiger partial charge in [0.2, 0.25) is 15.9 Å². The van der Waals surface area contributed by atoms with E-state index in [4.69, 9.17) is 0 Å². The van der Waals surface area contributed by atoms with Gasteiger partial charge in [0.15, 0.2) is 10.8 Å². The van der Waals surface area contributed by atoms with Crippen LogP contribution in [0.1, 0.15) is 34.6 Å². The van der Waals surface area contributed by atoms with E-state index in [9.17, 15) is 13.2 Å². The summed E-state index contributed by atoms with van der Waals surface area (Å²) in [6, 6.07) is 3.23. The van der Waals surface area contributed by atoms with Gasteiger partial charge in [-0.1, -0.05) is 39.5 Å². The summed E-state index contributed by atoms with van der Waals surface area (Å²) in [7, 11) is -3.58. The number of hydrogen-bond donors (Lipinski definition) is 1. The van der Waals surface area contributed by atoms with Crippen LogP contribution in [0.4, 0.5) is 0 Å². The van der Waals surface area contributed by atoms with Gasteiger partial charge in [-0.05, 0) is 25.0 Å². The number of nitrogens with one attached hydrogen (secondary N) is 1. The van der Waals surface area contributed by atoms with Crippen LogP contribution >= 0.6 is 11.8 Å². The van der Waals surface area contributed by atoms with Crippen LogP contribution in [0.25, 0.3) is 5.65 Å². The number of nitrogens with zero attached hydrogens (tertiary/aromatic N) is 4. The van der Waals surface area contributed by atoms with E-state index in [0.29, 0.717) is 29.8 Å². The van der Waals surface area contributed by atoms with E-state index in [1.165, 1.54) is 28.3 Å². The standard InChI is InChI=1S/C17H27N5O3S2/c1-6-21(7-2)27(24,25)14-8-9-15-19-20-17(22(15)10-14)26-11-16(23)18-13(5)12(3)4/h8-10,12-13H,6-7,11H2,1-5H3,(H,18,23). The maximum absolute atomic E-state index is 12.7. The van der Waals surface area contributed by atoms with Crippen molar-refractivity contribution in [1.29, 1.82) is 0 Å². The Kier molecular flexibility index (Phi) is 7.24. The summed E-state index contributed by atoms with van der Waals surface area (Å²) in [5.74, 6) is 0.441. The molecule has 2 aromatic rings. The molecular formula is C17H27N5O3S2. The zero-order valence-electron chi connectivity index (χ0n) is 16.3. The van der Waals surface area contributed by atoms with Crippen molar-refractivity contribution in [1.82, 2.24) is 24.2 Å². The lowest BCUT2D eigenvalue weighted by molar-refractivity contribution is -0.119. The van der Waals surface area contributed by atoms with Crippen molar-refractivity contribution in [3.63, 3.8) is 0 Å². The number of amides is 1. The number of rotatable bonds is 9. The molecule has 2 aromatic heterocycles. The van der Waals surface area contributed by atoms with Gasteiger partial charge in [-0.2, -0.15) is 4.31 Å². The smallest absolute Gasteiger partial charge is 0.244 e. The van der Waals surface area contributed by atoms with Crippen molar-refractivity contribution >= 4 is 33.3 Å². The van der Waals surface area contributed by atoms with Gasteiger partial charge in [0, 0.05) is 25.3 Å². The van der Waals surface area contributed by atoms with Gasteiger partial charge in [0.25, 0.3) is 0 Å². The minimum absolute atomic E-state index is 0.0825. The molecule has 0 fully saturated rings. The van der Waals surface area contributed by atoms with Crippen LogP contribution < -0.4 is 5.32 Å². The van der Waals surface area contributed by atoms with E-state index in [2.05, 4.69) is 15.5 Å². The van der Waals surface area contributed by atoms with Crippen molar-refractivity contribution in [3.05, 3.63) is 18.3 Å². The summed E-state index contributed by atoms with van der Waals surface area (Å²) in [5, 5.41) is 11.5. The van der Waals surface area contributed by atoms with Crippen molar-refractivity contribution < 1.29 is 13.2 Å². The molecule has 0 aromatic carbocycles. The predicted molar refractivity (Wildman–Crippen MR) is 106 cm³/mol. The fraction of sp³-hybridized carbons (Fsp3) is 0.588. The molecule has 2 heterocycles. The zero-order chi connectivity index (χ0) is 20.2. The molecule has 150 valence electrons. The Hall–Kier alpha value is -1.65. The summed E-state index contributed by atoms with van der Waals surface area (Å²) < 4.78 is 28.5. The van der Waals surface area contributed by atoms with E-state index >= 15 is 0 Å². The number of carbonyl (C=O) groups excluding carboxylic acids is 1. The lowest BCUT2D eigenvalue weighted by Crippen LogP contribution is -2.37. The molecule has 0 bridgehead atoms. The number of carbonyl (C=O) groups is 1. The van der Waals surface area contributed by atoms with Gasteiger partial charge in [0.1, 0.15) is 0 Å². The molecule has 8 nitrogen and oxygen atoms in total. The van der Waals surface area contributed by atoms with Gasteiger partial charge in [-0.3, -0.25) is 9.20 Å². The van der Waals surface area contributed by atoms with Crippen LogP contribution in [0, 0.1) is 5.92 Å². The molecule has 0 spiro atoms. The molecular weight excluding hydrogens is 386 g/mol. The Morgan fingerprint density at radius 2 is 1.89 bits per heavy atom. The van der Waals surface area contributed by atoms with Gasteiger partial charge in [-0.25, -0.2) is 8.42 Å². The monoisotopic (exact) mass is 413 g/mol. The highest BCUT2D eigenvalue weighted by molar-refractivity contribution is 7.99. The van der Waals surface area contributed by atoms with Crippen LogP contribution in [0.15, 0.2) is 28.4 Å². The van der Waals surface area contributed by atoms with Crippen LogP contribution in [-0.2, 0) is 14.8 Å². The third-order valence-corrected chi connectivity index (χ3v) is 7.38. The maximum atomic E-state index is 12.7. The molecule has 1 amide bonds. The summed E-state index contributed by atoms with van der Waals surface area (Å²) in [5.41, 5.74) is 0.534. The molecule has 0 radical (unpaired) electrons. The normalized spacial score (nSPS) is 13.4. The van der Waals surface area contributed by atoms with Crippen LogP contribution in [-0.4, -0.2) is 58.1 Å². The first-order valence-corrected chi connectivity index (χ1v) is 11.4. The summed E-state index contributed by atoms with van der Waals surface area (Å²) in [6.45, 7) is 10.4. The average molecular weight is 414 g/mol. The zero-order valence-corrected chi connectivity index (χ0v) is 18.0. The molecule has 0 saturated carbocycles. The van der Waals surface area contributed by atoms with Gasteiger partial charge in [-0.15, -0.1) is 10.2 Å². The topological polar surface area (TPSA) is 96.7 Å². The highest BCUT2D eigenvalue weighted by atomic mass is 32.2. The second-order valence-corrected chi connectivity index (χ2v) is 9.43. The Bertz CT molecular complexity index is 891. The molecule has 1 unspecified atom stereocenters. The number of fused-ring (bicyclic) bond motifs is 1. The summed E-state index contributed by atoms with van der Waals surface area (Å²) in [4.78, 5) is 12.3. The Morgan fingerprint density at radius 3 is 2.48 bits per heavy atom. The van der Waals surface area contributed by atoms with Crippen molar-refractivity contribution in [2.24, 2.45) is 5.92 Å². The largest absolute Gasteiger partial charge is 0.353 e. The molecule has 10 heteroatoms. The molecule has 27 heavy (non-hydrogen) atoms. The molecule has 1 N–H and O–H groups in total. The summed E-state index contributed by atoms with van der Waals surface area (Å²) >= 11 is 1.23. The second kappa shape index (κ2) is 9.03. The van der Waals surface area contributed by atoms with E-state index in [1.807, 2.05) is 20.8 Å². The number of sulfonamides is 1. The SMILES string of the molecule is CCN(CC)S(=O)(=O)c1ccc2nnc(SCC(=O)NC(C)C(C)C)n2c1. The van der Waals surface area contributed by atoms with Crippen LogP contribution in [0.3, 0.4) is 0 Å². The first-order valence-electron chi connectivity index (χ1n) is 8.97. The first kappa shape index (κ1) is 21.6. The third-order valence-electron chi connectivity index (χ3n) is 4.41. The second-order valence-electron chi connectivity index (χ2n) is 6.55. The first-order chi connectivity index (χ1) is 12.7. The highest BCUT2D eigenvalue weighted by Crippen LogP contribution is 2.21. The molecule has 0 saturated heterocycles. The van der Waals surface area contributed by atoms with Crippen LogP contribution in [0.5, 0.6) is 0 Å². The van der Waals surface area contributed by atoms with Gasteiger partial charge >= 0.3 is 0 Å². The number of hydrogen-bond acceptors (Lipinski definition) is 6. The molecule has 0 aliphatic carbocycles. The third kappa shape index (κ3) is 4.99. The average Bonchev–Trinajstić information content (AvgIpc) is 3.03. The van der Waals surface area contributed by atoms with E-state index in [1.54, 1.807) is 24.3 Å². The van der Waals surface area contributed by atoms with Gasteiger partial charge in [0.05, 0.1) is 10.6 Å². The maximum Gasteiger partial charge on any atom is 0.244 e. The van der Waals surface area contributed by atoms with Crippen LogP contribution in [0.2, 0.25) is 0 Å². The van der Waals surface area contributed by atoms with E-state index in [-0.39, 0.29) is 22.6 Å². The van der Waals surface area contributed by atoms with E-state index in [0.717, 1.165) is 0 Å². The Balaban J connectivity index is 2.21.